The van der Waals surface area contributed by atoms with Crippen molar-refractivity contribution in [2.45, 2.75) is 25.4 Å². The van der Waals surface area contributed by atoms with Gasteiger partial charge in [0.1, 0.15) is 13.2 Å². The molecule has 19 heavy (non-hydrogen) atoms. The first-order chi connectivity index (χ1) is 8.99. The van der Waals surface area contributed by atoms with Crippen LogP contribution in [0.25, 0.3) is 0 Å². The molecule has 1 aliphatic heterocycles. The summed E-state index contributed by atoms with van der Waals surface area (Å²) < 4.78 is 11.0. The lowest BCUT2D eigenvalue weighted by Crippen LogP contribution is -2.36. The molecule has 6 nitrogen and oxygen atoms in total. The molecular formula is C13H18N2O4. The molecule has 1 aromatic rings. The zero-order valence-electron chi connectivity index (χ0n) is 10.8. The summed E-state index contributed by atoms with van der Waals surface area (Å²) in [6.07, 6.45) is -0.172. The van der Waals surface area contributed by atoms with Gasteiger partial charge in [-0.3, -0.25) is 4.79 Å². The lowest BCUT2D eigenvalue weighted by molar-refractivity contribution is -0.137. The highest BCUT2D eigenvalue weighted by molar-refractivity contribution is 5.67. The number of carboxylic acids is 1. The normalized spacial score (nSPS) is 16.8. The molecule has 2 rings (SSSR count). The van der Waals surface area contributed by atoms with Crippen molar-refractivity contribution in [2.75, 3.05) is 13.2 Å². The van der Waals surface area contributed by atoms with E-state index in [0.717, 1.165) is 11.1 Å². The van der Waals surface area contributed by atoms with Crippen LogP contribution in [0, 0.1) is 6.92 Å². The Kier molecular flexibility index (Phi) is 3.92. The van der Waals surface area contributed by atoms with Crippen molar-refractivity contribution in [3.63, 3.8) is 0 Å². The van der Waals surface area contributed by atoms with Crippen LogP contribution in [0.2, 0.25) is 0 Å². The van der Waals surface area contributed by atoms with Crippen molar-refractivity contribution < 1.29 is 19.4 Å². The van der Waals surface area contributed by atoms with Gasteiger partial charge in [-0.2, -0.15) is 0 Å². The summed E-state index contributed by atoms with van der Waals surface area (Å²) in [4.78, 5) is 10.7. The minimum absolute atomic E-state index is 0.172. The molecule has 6 heteroatoms. The Morgan fingerprint density at radius 1 is 1.32 bits per heavy atom. The molecule has 2 atom stereocenters. The number of aryl methyl sites for hydroxylation is 1. The van der Waals surface area contributed by atoms with Gasteiger partial charge in [-0.15, -0.1) is 0 Å². The molecular weight excluding hydrogens is 248 g/mol. The average molecular weight is 266 g/mol. The molecule has 104 valence electrons. The van der Waals surface area contributed by atoms with E-state index in [1.807, 2.05) is 13.0 Å². The standard InChI is InChI=1S/C13H18N2O4/c1-7-4-10-11(19-3-2-18-10)5-8(7)13(15)9(14)6-12(16)17/h4-5,9,13H,2-3,6,14-15H2,1H3,(H,16,17). The lowest BCUT2D eigenvalue weighted by Gasteiger charge is -2.24. The molecule has 0 saturated heterocycles. The van der Waals surface area contributed by atoms with Crippen LogP contribution in [-0.2, 0) is 4.79 Å². The molecule has 1 aromatic carbocycles. The highest BCUT2D eigenvalue weighted by Crippen LogP contribution is 2.35. The first-order valence-corrected chi connectivity index (χ1v) is 6.12. The van der Waals surface area contributed by atoms with Gasteiger partial charge in [-0.1, -0.05) is 0 Å². The molecule has 0 bridgehead atoms. The van der Waals surface area contributed by atoms with Crippen LogP contribution in [0.15, 0.2) is 12.1 Å². The lowest BCUT2D eigenvalue weighted by atomic mass is 9.94. The van der Waals surface area contributed by atoms with Crippen LogP contribution in [-0.4, -0.2) is 30.3 Å². The van der Waals surface area contributed by atoms with Crippen LogP contribution < -0.4 is 20.9 Å². The smallest absolute Gasteiger partial charge is 0.304 e. The Morgan fingerprint density at radius 2 is 1.89 bits per heavy atom. The molecule has 0 fully saturated rings. The molecule has 0 saturated carbocycles. The van der Waals surface area contributed by atoms with Crippen molar-refractivity contribution in [1.29, 1.82) is 0 Å². The fraction of sp³-hybridized carbons (Fsp3) is 0.462. The van der Waals surface area contributed by atoms with E-state index in [1.54, 1.807) is 6.07 Å². The second-order valence-corrected chi connectivity index (χ2v) is 4.64. The van der Waals surface area contributed by atoms with Crippen molar-refractivity contribution in [2.24, 2.45) is 11.5 Å². The number of rotatable bonds is 4. The highest BCUT2D eigenvalue weighted by Gasteiger charge is 2.23. The van der Waals surface area contributed by atoms with Gasteiger partial charge < -0.3 is 26.0 Å². The first-order valence-electron chi connectivity index (χ1n) is 6.12. The number of hydrogen-bond donors (Lipinski definition) is 3. The van der Waals surface area contributed by atoms with Crippen molar-refractivity contribution in [3.05, 3.63) is 23.3 Å². The molecule has 0 amide bonds. The number of carboxylic acid groups (broad SMARTS) is 1. The largest absolute Gasteiger partial charge is 0.486 e. The van der Waals surface area contributed by atoms with E-state index < -0.39 is 18.1 Å². The summed E-state index contributed by atoms with van der Waals surface area (Å²) in [6.45, 7) is 2.91. The molecule has 0 spiro atoms. The van der Waals surface area contributed by atoms with Crippen molar-refractivity contribution in [3.8, 4) is 11.5 Å². The van der Waals surface area contributed by atoms with Gasteiger partial charge in [0.15, 0.2) is 11.5 Å². The third kappa shape index (κ3) is 2.97. The Morgan fingerprint density at radius 3 is 2.47 bits per heavy atom. The average Bonchev–Trinajstić information content (AvgIpc) is 2.36. The maximum absolute atomic E-state index is 10.7. The number of aliphatic carboxylic acids is 1. The van der Waals surface area contributed by atoms with Gasteiger partial charge in [-0.25, -0.2) is 0 Å². The number of carbonyl (C=O) groups is 1. The van der Waals surface area contributed by atoms with E-state index in [0.29, 0.717) is 24.7 Å². The summed E-state index contributed by atoms with van der Waals surface area (Å²) in [7, 11) is 0. The molecule has 1 aliphatic rings. The predicted molar refractivity (Wildman–Crippen MR) is 69.3 cm³/mol. The molecule has 1 heterocycles. The quantitative estimate of drug-likeness (QED) is 0.735. The second kappa shape index (κ2) is 5.46. The van der Waals surface area contributed by atoms with E-state index in [1.165, 1.54) is 0 Å². The van der Waals surface area contributed by atoms with Gasteiger partial charge in [-0.05, 0) is 30.2 Å². The molecule has 0 aliphatic carbocycles. The maximum Gasteiger partial charge on any atom is 0.304 e. The summed E-state index contributed by atoms with van der Waals surface area (Å²) in [5, 5.41) is 8.76. The number of hydrogen-bond acceptors (Lipinski definition) is 5. The minimum Gasteiger partial charge on any atom is -0.486 e. The van der Waals surface area contributed by atoms with E-state index in [2.05, 4.69) is 0 Å². The van der Waals surface area contributed by atoms with Gasteiger partial charge in [0.25, 0.3) is 0 Å². The summed E-state index contributed by atoms with van der Waals surface area (Å²) >= 11 is 0. The van der Waals surface area contributed by atoms with Crippen LogP contribution >= 0.6 is 0 Å². The fourth-order valence-corrected chi connectivity index (χ4v) is 2.12. The van der Waals surface area contributed by atoms with Crippen LogP contribution in [0.3, 0.4) is 0 Å². The second-order valence-electron chi connectivity index (χ2n) is 4.64. The van der Waals surface area contributed by atoms with Crippen molar-refractivity contribution in [1.82, 2.24) is 0 Å². The topological polar surface area (TPSA) is 108 Å². The Labute approximate surface area is 111 Å². The minimum atomic E-state index is -0.960. The van der Waals surface area contributed by atoms with Crippen LogP contribution in [0.4, 0.5) is 0 Å². The van der Waals surface area contributed by atoms with E-state index in [-0.39, 0.29) is 6.42 Å². The highest BCUT2D eigenvalue weighted by atomic mass is 16.6. The van der Waals surface area contributed by atoms with E-state index in [9.17, 15) is 4.79 Å². The van der Waals surface area contributed by atoms with Gasteiger partial charge in [0, 0.05) is 12.1 Å². The fourth-order valence-electron chi connectivity index (χ4n) is 2.12. The van der Waals surface area contributed by atoms with Crippen molar-refractivity contribution >= 4 is 5.97 Å². The maximum atomic E-state index is 10.7. The third-order valence-electron chi connectivity index (χ3n) is 3.16. The number of fused-ring (bicyclic) bond motifs is 1. The zero-order chi connectivity index (χ0) is 14.0. The molecule has 0 aromatic heterocycles. The number of ether oxygens (including phenoxy) is 2. The Balaban J connectivity index is 2.26. The predicted octanol–water partition coefficient (Wildman–Crippen LogP) is 0.568. The van der Waals surface area contributed by atoms with E-state index in [4.69, 9.17) is 26.0 Å². The summed E-state index contributed by atoms with van der Waals surface area (Å²) in [5.41, 5.74) is 13.6. The van der Waals surface area contributed by atoms with Crippen LogP contribution in [0.5, 0.6) is 11.5 Å². The van der Waals surface area contributed by atoms with Gasteiger partial charge >= 0.3 is 5.97 Å². The molecule has 5 N–H and O–H groups in total. The summed E-state index contributed by atoms with van der Waals surface area (Å²) in [6, 6.07) is 2.44. The molecule has 0 radical (unpaired) electrons. The number of benzene rings is 1. The van der Waals surface area contributed by atoms with Gasteiger partial charge in [0.05, 0.1) is 6.42 Å². The number of nitrogens with two attached hydrogens (primary N) is 2. The zero-order valence-corrected chi connectivity index (χ0v) is 10.8. The van der Waals surface area contributed by atoms with Crippen LogP contribution in [0.1, 0.15) is 23.6 Å². The summed E-state index contributed by atoms with van der Waals surface area (Å²) in [5.74, 6) is 0.356. The van der Waals surface area contributed by atoms with Gasteiger partial charge in [0.2, 0.25) is 0 Å². The van der Waals surface area contributed by atoms with E-state index >= 15 is 0 Å². The Bertz CT molecular complexity index is 490. The molecule has 2 unspecified atom stereocenters. The first kappa shape index (κ1) is 13.6. The third-order valence-corrected chi connectivity index (χ3v) is 3.16. The Hall–Kier alpha value is -1.79. The SMILES string of the molecule is Cc1cc2c(cc1C(N)C(N)CC(=O)O)OCCO2. The monoisotopic (exact) mass is 266 g/mol.